The second-order valence-electron chi connectivity index (χ2n) is 4.13. The van der Waals surface area contributed by atoms with Crippen LogP contribution in [0.3, 0.4) is 0 Å². The molecule has 0 aromatic carbocycles. The van der Waals surface area contributed by atoms with Crippen LogP contribution < -0.4 is 5.73 Å². The minimum Gasteiger partial charge on any atom is -0.323 e. The average molecular weight is 204 g/mol. The van der Waals surface area contributed by atoms with Crippen LogP contribution in [0.1, 0.15) is 44.2 Å². The molecule has 0 saturated heterocycles. The van der Waals surface area contributed by atoms with E-state index in [9.17, 15) is 0 Å². The van der Waals surface area contributed by atoms with Crippen LogP contribution in [0.25, 0.3) is 5.65 Å². The van der Waals surface area contributed by atoms with Crippen molar-refractivity contribution < 1.29 is 0 Å². The van der Waals surface area contributed by atoms with Gasteiger partial charge in [0.25, 0.3) is 0 Å². The van der Waals surface area contributed by atoms with Gasteiger partial charge in [-0.05, 0) is 19.1 Å². The highest BCUT2D eigenvalue weighted by Gasteiger charge is 2.11. The van der Waals surface area contributed by atoms with E-state index >= 15 is 0 Å². The second-order valence-corrected chi connectivity index (χ2v) is 4.13. The Morgan fingerprint density at radius 3 is 2.60 bits per heavy atom. The lowest BCUT2D eigenvalue weighted by Crippen LogP contribution is -2.11. The fraction of sp³-hybridized carbons (Fsp3) is 0.455. The largest absolute Gasteiger partial charge is 0.323 e. The van der Waals surface area contributed by atoms with Gasteiger partial charge in [-0.3, -0.25) is 0 Å². The van der Waals surface area contributed by atoms with Crippen LogP contribution in [0.15, 0.2) is 18.2 Å². The molecule has 0 fully saturated rings. The highest BCUT2D eigenvalue weighted by Crippen LogP contribution is 2.15. The van der Waals surface area contributed by atoms with Crippen LogP contribution in [0.2, 0.25) is 0 Å². The predicted molar refractivity (Wildman–Crippen MR) is 59.7 cm³/mol. The van der Waals surface area contributed by atoms with Crippen LogP contribution in [0, 0.1) is 0 Å². The minimum absolute atomic E-state index is 0.0320. The first-order chi connectivity index (χ1) is 7.09. The van der Waals surface area contributed by atoms with Gasteiger partial charge < -0.3 is 5.73 Å². The molecule has 15 heavy (non-hydrogen) atoms. The molecule has 2 rings (SSSR count). The fourth-order valence-corrected chi connectivity index (χ4v) is 1.53. The number of rotatable bonds is 2. The minimum atomic E-state index is -0.0320. The molecule has 0 radical (unpaired) electrons. The Bertz CT molecular complexity index is 470. The first-order valence-electron chi connectivity index (χ1n) is 5.20. The van der Waals surface area contributed by atoms with E-state index in [0.717, 1.165) is 17.2 Å². The summed E-state index contributed by atoms with van der Waals surface area (Å²) in [5, 5.41) is 4.46. The third kappa shape index (κ3) is 1.72. The first-order valence-corrected chi connectivity index (χ1v) is 5.20. The smallest absolute Gasteiger partial charge is 0.156 e. The Morgan fingerprint density at radius 1 is 1.27 bits per heavy atom. The van der Waals surface area contributed by atoms with Crippen LogP contribution in [0.5, 0.6) is 0 Å². The average Bonchev–Trinajstić information content (AvgIpc) is 2.60. The maximum Gasteiger partial charge on any atom is 0.156 e. The van der Waals surface area contributed by atoms with Crippen molar-refractivity contribution >= 4 is 5.65 Å². The number of hydrogen-bond donors (Lipinski definition) is 1. The Morgan fingerprint density at radius 2 is 2.00 bits per heavy atom. The van der Waals surface area contributed by atoms with E-state index < -0.39 is 0 Å². The van der Waals surface area contributed by atoms with Crippen molar-refractivity contribution in [2.45, 2.75) is 32.7 Å². The van der Waals surface area contributed by atoms with E-state index in [1.807, 2.05) is 29.6 Å². The molecule has 1 atom stereocenters. The van der Waals surface area contributed by atoms with E-state index in [4.69, 9.17) is 5.73 Å². The first kappa shape index (κ1) is 10.1. The van der Waals surface area contributed by atoms with Gasteiger partial charge in [0.2, 0.25) is 0 Å². The van der Waals surface area contributed by atoms with Gasteiger partial charge in [-0.25, -0.2) is 9.50 Å². The maximum absolute atomic E-state index is 5.88. The summed E-state index contributed by atoms with van der Waals surface area (Å²) in [6.45, 7) is 6.12. The Balaban J connectivity index is 2.64. The van der Waals surface area contributed by atoms with Crippen LogP contribution in [-0.4, -0.2) is 14.6 Å². The monoisotopic (exact) mass is 204 g/mol. The molecule has 2 heterocycles. The maximum atomic E-state index is 5.88. The van der Waals surface area contributed by atoms with E-state index in [1.54, 1.807) is 0 Å². The van der Waals surface area contributed by atoms with Gasteiger partial charge in [-0.15, -0.1) is 0 Å². The van der Waals surface area contributed by atoms with Crippen LogP contribution >= 0.6 is 0 Å². The topological polar surface area (TPSA) is 56.2 Å². The summed E-state index contributed by atoms with van der Waals surface area (Å²) < 4.78 is 1.83. The summed E-state index contributed by atoms with van der Waals surface area (Å²) in [6, 6.07) is 5.86. The van der Waals surface area contributed by atoms with Crippen LogP contribution in [-0.2, 0) is 0 Å². The summed E-state index contributed by atoms with van der Waals surface area (Å²) in [6.07, 6.45) is 0. The van der Waals surface area contributed by atoms with Crippen molar-refractivity contribution in [3.05, 3.63) is 29.7 Å². The highest BCUT2D eigenvalue weighted by atomic mass is 15.3. The van der Waals surface area contributed by atoms with Crippen LogP contribution in [0.4, 0.5) is 0 Å². The molecule has 0 aliphatic carbocycles. The number of nitrogens with two attached hydrogens (primary N) is 1. The molecule has 0 bridgehead atoms. The van der Waals surface area contributed by atoms with Gasteiger partial charge in [0.1, 0.15) is 0 Å². The third-order valence-corrected chi connectivity index (χ3v) is 2.39. The summed E-state index contributed by atoms with van der Waals surface area (Å²) in [7, 11) is 0. The number of pyridine rings is 1. The zero-order valence-electron chi connectivity index (χ0n) is 9.31. The molecule has 4 nitrogen and oxygen atoms in total. The van der Waals surface area contributed by atoms with Crippen molar-refractivity contribution in [3.63, 3.8) is 0 Å². The zero-order valence-corrected chi connectivity index (χ0v) is 9.31. The van der Waals surface area contributed by atoms with E-state index in [1.165, 1.54) is 0 Å². The molecule has 0 spiro atoms. The van der Waals surface area contributed by atoms with Gasteiger partial charge in [0.15, 0.2) is 11.5 Å². The highest BCUT2D eigenvalue weighted by molar-refractivity contribution is 5.39. The van der Waals surface area contributed by atoms with Crippen molar-refractivity contribution in [1.82, 2.24) is 14.6 Å². The number of nitrogens with zero attached hydrogens (tertiary/aromatic N) is 3. The third-order valence-electron chi connectivity index (χ3n) is 2.39. The molecule has 0 saturated carbocycles. The molecule has 0 amide bonds. The van der Waals surface area contributed by atoms with Crippen molar-refractivity contribution in [3.8, 4) is 0 Å². The van der Waals surface area contributed by atoms with Crippen molar-refractivity contribution in [2.24, 2.45) is 5.73 Å². The van der Waals surface area contributed by atoms with E-state index in [2.05, 4.69) is 23.9 Å². The van der Waals surface area contributed by atoms with Gasteiger partial charge in [-0.1, -0.05) is 19.9 Å². The molecule has 80 valence electrons. The fourth-order valence-electron chi connectivity index (χ4n) is 1.53. The summed E-state index contributed by atoms with van der Waals surface area (Å²) >= 11 is 0. The molecule has 2 N–H and O–H groups in total. The molecule has 0 aliphatic rings. The summed E-state index contributed by atoms with van der Waals surface area (Å²) in [5.74, 6) is 1.20. The lowest BCUT2D eigenvalue weighted by atomic mass is 10.2. The molecule has 4 heteroatoms. The van der Waals surface area contributed by atoms with Gasteiger partial charge in [0, 0.05) is 12.0 Å². The summed E-state index contributed by atoms with van der Waals surface area (Å²) in [5.41, 5.74) is 7.74. The lowest BCUT2D eigenvalue weighted by Gasteiger charge is -2.06. The summed E-state index contributed by atoms with van der Waals surface area (Å²) in [4.78, 5) is 4.45. The van der Waals surface area contributed by atoms with E-state index in [0.29, 0.717) is 5.92 Å². The number of fused-ring (bicyclic) bond motifs is 1. The molecule has 2 aromatic rings. The molecule has 2 aromatic heterocycles. The quantitative estimate of drug-likeness (QED) is 0.812. The van der Waals surface area contributed by atoms with Crippen molar-refractivity contribution in [1.29, 1.82) is 0 Å². The Labute approximate surface area is 89.1 Å². The van der Waals surface area contributed by atoms with Gasteiger partial charge in [0.05, 0.1) is 5.69 Å². The van der Waals surface area contributed by atoms with Gasteiger partial charge in [-0.2, -0.15) is 5.10 Å². The zero-order chi connectivity index (χ0) is 11.0. The lowest BCUT2D eigenvalue weighted by molar-refractivity contribution is 0.704. The second kappa shape index (κ2) is 3.62. The Hall–Kier alpha value is -1.42. The number of hydrogen-bond acceptors (Lipinski definition) is 3. The SMILES string of the molecule is CC(C)c1nc2cccc(C(C)N)n2n1. The Kier molecular flexibility index (Phi) is 2.44. The van der Waals surface area contributed by atoms with E-state index in [-0.39, 0.29) is 6.04 Å². The molecular weight excluding hydrogens is 188 g/mol. The molecule has 1 unspecified atom stereocenters. The standard InChI is InChI=1S/C11H16N4/c1-7(2)11-13-10-6-4-5-9(8(3)12)15(10)14-11/h4-8H,12H2,1-3H3. The van der Waals surface area contributed by atoms with Crippen molar-refractivity contribution in [2.75, 3.05) is 0 Å². The predicted octanol–water partition coefficient (Wildman–Crippen LogP) is 1.87. The number of aromatic nitrogens is 3. The normalized spacial score (nSPS) is 13.7. The van der Waals surface area contributed by atoms with Gasteiger partial charge >= 0.3 is 0 Å². The molecular formula is C11H16N4. The molecule has 0 aliphatic heterocycles.